The van der Waals surface area contributed by atoms with Crippen molar-refractivity contribution in [2.45, 2.75) is 32.4 Å². The van der Waals surface area contributed by atoms with Gasteiger partial charge in [-0.25, -0.2) is 15.0 Å². The molecule has 1 N–H and O–H groups in total. The minimum absolute atomic E-state index is 0.174. The zero-order valence-electron chi connectivity index (χ0n) is 12.9. The Hall–Kier alpha value is -1.73. The molecule has 0 aliphatic carbocycles. The molecule has 1 aliphatic rings. The fourth-order valence-corrected chi connectivity index (χ4v) is 3.44. The van der Waals surface area contributed by atoms with Gasteiger partial charge in [-0.3, -0.25) is 0 Å². The standard InChI is InChI=1S/C15H21N5OS/c1-11-18-12(9-22-11)7-19(2)14-6-15(17-10-16-14)20-5-3-4-13(20)8-21/h6,9-10,13,21H,3-5,7-8H2,1-2H3/t13-/m0/s1. The average molecular weight is 319 g/mol. The van der Waals surface area contributed by atoms with E-state index in [0.29, 0.717) is 0 Å². The summed E-state index contributed by atoms with van der Waals surface area (Å²) in [6.45, 7) is 3.85. The summed E-state index contributed by atoms with van der Waals surface area (Å²) < 4.78 is 0. The number of aromatic nitrogens is 3. The van der Waals surface area contributed by atoms with Crippen LogP contribution in [0, 0.1) is 6.92 Å². The molecular formula is C15H21N5OS. The Bertz CT molecular complexity index is 632. The van der Waals surface area contributed by atoms with Crippen LogP contribution in [0.3, 0.4) is 0 Å². The Labute approximate surface area is 134 Å². The summed E-state index contributed by atoms with van der Waals surface area (Å²) in [5, 5.41) is 12.6. The van der Waals surface area contributed by atoms with Crippen LogP contribution in [0.5, 0.6) is 0 Å². The number of aliphatic hydroxyl groups is 1. The van der Waals surface area contributed by atoms with Crippen molar-refractivity contribution in [1.29, 1.82) is 0 Å². The second-order valence-corrected chi connectivity index (χ2v) is 6.68. The average Bonchev–Trinajstić information content (AvgIpc) is 3.16. The topological polar surface area (TPSA) is 65.4 Å². The Balaban J connectivity index is 1.75. The lowest BCUT2D eigenvalue weighted by molar-refractivity contribution is 0.266. The number of aryl methyl sites for hydroxylation is 1. The fourth-order valence-electron chi connectivity index (χ4n) is 2.83. The molecule has 3 heterocycles. The molecule has 6 nitrogen and oxygen atoms in total. The molecule has 0 spiro atoms. The van der Waals surface area contributed by atoms with Crippen molar-refractivity contribution in [3.63, 3.8) is 0 Å². The first kappa shape index (κ1) is 15.2. The number of hydrogen-bond acceptors (Lipinski definition) is 7. The lowest BCUT2D eigenvalue weighted by Gasteiger charge is -2.25. The summed E-state index contributed by atoms with van der Waals surface area (Å²) in [7, 11) is 2.01. The zero-order valence-corrected chi connectivity index (χ0v) is 13.8. The molecule has 0 unspecified atom stereocenters. The molecule has 0 amide bonds. The van der Waals surface area contributed by atoms with E-state index in [1.54, 1.807) is 17.7 Å². The highest BCUT2D eigenvalue weighted by molar-refractivity contribution is 7.09. The predicted octanol–water partition coefficient (Wildman–Crippen LogP) is 1.84. The monoisotopic (exact) mass is 319 g/mol. The number of hydrogen-bond donors (Lipinski definition) is 1. The molecule has 1 fully saturated rings. The van der Waals surface area contributed by atoms with Gasteiger partial charge in [-0.2, -0.15) is 0 Å². The van der Waals surface area contributed by atoms with E-state index in [-0.39, 0.29) is 12.6 Å². The van der Waals surface area contributed by atoms with Crippen LogP contribution in [-0.4, -0.2) is 46.3 Å². The second-order valence-electron chi connectivity index (χ2n) is 5.62. The first-order valence-electron chi connectivity index (χ1n) is 7.49. The summed E-state index contributed by atoms with van der Waals surface area (Å²) in [5.74, 6) is 1.77. The lowest BCUT2D eigenvalue weighted by atomic mass is 10.2. The number of rotatable bonds is 5. The van der Waals surface area contributed by atoms with Gasteiger partial charge in [0.25, 0.3) is 0 Å². The van der Waals surface area contributed by atoms with E-state index in [0.717, 1.165) is 48.3 Å². The highest BCUT2D eigenvalue weighted by Crippen LogP contribution is 2.25. The van der Waals surface area contributed by atoms with E-state index >= 15 is 0 Å². The summed E-state index contributed by atoms with van der Waals surface area (Å²) in [6, 6.07) is 2.17. The van der Waals surface area contributed by atoms with Crippen molar-refractivity contribution in [2.24, 2.45) is 0 Å². The summed E-state index contributed by atoms with van der Waals surface area (Å²) in [6.07, 6.45) is 3.71. The predicted molar refractivity (Wildman–Crippen MR) is 88.4 cm³/mol. The molecule has 2 aromatic heterocycles. The minimum Gasteiger partial charge on any atom is -0.394 e. The Morgan fingerprint density at radius 2 is 2.32 bits per heavy atom. The number of nitrogens with zero attached hydrogens (tertiary/aromatic N) is 5. The van der Waals surface area contributed by atoms with Crippen molar-refractivity contribution >= 4 is 23.0 Å². The van der Waals surface area contributed by atoms with Gasteiger partial charge in [0, 0.05) is 25.0 Å². The van der Waals surface area contributed by atoms with E-state index in [4.69, 9.17) is 0 Å². The molecule has 1 atom stereocenters. The molecule has 118 valence electrons. The maximum atomic E-state index is 9.47. The Morgan fingerprint density at radius 3 is 3.05 bits per heavy atom. The molecule has 2 aromatic rings. The van der Waals surface area contributed by atoms with E-state index in [2.05, 4.69) is 30.1 Å². The third-order valence-corrected chi connectivity index (χ3v) is 4.80. The van der Waals surface area contributed by atoms with Crippen LogP contribution in [0.2, 0.25) is 0 Å². The Kier molecular flexibility index (Phi) is 4.54. The van der Waals surface area contributed by atoms with Crippen molar-refractivity contribution in [3.05, 3.63) is 28.5 Å². The molecule has 0 bridgehead atoms. The quantitative estimate of drug-likeness (QED) is 0.907. The molecule has 3 rings (SSSR count). The normalized spacial score (nSPS) is 18.0. The number of thiazole rings is 1. The minimum atomic E-state index is 0.174. The van der Waals surface area contributed by atoms with Gasteiger partial charge in [-0.05, 0) is 19.8 Å². The van der Waals surface area contributed by atoms with Crippen LogP contribution in [0.25, 0.3) is 0 Å². The SMILES string of the molecule is Cc1nc(CN(C)c2cc(N3CCC[C@H]3CO)ncn2)cs1. The van der Waals surface area contributed by atoms with E-state index in [1.807, 2.05) is 20.0 Å². The number of anilines is 2. The molecular weight excluding hydrogens is 298 g/mol. The maximum absolute atomic E-state index is 9.47. The maximum Gasteiger partial charge on any atom is 0.134 e. The van der Waals surface area contributed by atoms with Crippen molar-refractivity contribution in [2.75, 3.05) is 30.0 Å². The van der Waals surface area contributed by atoms with Gasteiger partial charge in [-0.15, -0.1) is 11.3 Å². The molecule has 1 aliphatic heterocycles. The summed E-state index contributed by atoms with van der Waals surface area (Å²) in [5.41, 5.74) is 1.06. The van der Waals surface area contributed by atoms with E-state index in [9.17, 15) is 5.11 Å². The third-order valence-electron chi connectivity index (χ3n) is 3.98. The number of aliphatic hydroxyl groups excluding tert-OH is 1. The van der Waals surface area contributed by atoms with Gasteiger partial charge in [0.2, 0.25) is 0 Å². The van der Waals surface area contributed by atoms with Gasteiger partial charge in [0.1, 0.15) is 18.0 Å². The van der Waals surface area contributed by atoms with Crippen LogP contribution in [0.15, 0.2) is 17.8 Å². The highest BCUT2D eigenvalue weighted by Gasteiger charge is 2.25. The first-order valence-corrected chi connectivity index (χ1v) is 8.37. The van der Waals surface area contributed by atoms with Crippen LogP contribution < -0.4 is 9.80 Å². The molecule has 1 saturated heterocycles. The van der Waals surface area contributed by atoms with Gasteiger partial charge < -0.3 is 14.9 Å². The van der Waals surface area contributed by atoms with E-state index < -0.39 is 0 Å². The van der Waals surface area contributed by atoms with Gasteiger partial charge in [0.15, 0.2) is 0 Å². The van der Waals surface area contributed by atoms with Crippen LogP contribution in [0.4, 0.5) is 11.6 Å². The summed E-state index contributed by atoms with van der Waals surface area (Å²) >= 11 is 1.66. The fraction of sp³-hybridized carbons (Fsp3) is 0.533. The molecule has 0 aromatic carbocycles. The van der Waals surface area contributed by atoms with Gasteiger partial charge >= 0.3 is 0 Å². The van der Waals surface area contributed by atoms with Crippen molar-refractivity contribution in [3.8, 4) is 0 Å². The molecule has 0 saturated carbocycles. The van der Waals surface area contributed by atoms with Gasteiger partial charge in [0.05, 0.1) is 29.9 Å². The lowest BCUT2D eigenvalue weighted by Crippen LogP contribution is -2.33. The zero-order chi connectivity index (χ0) is 15.5. The van der Waals surface area contributed by atoms with Crippen LogP contribution in [-0.2, 0) is 6.54 Å². The molecule has 0 radical (unpaired) electrons. The van der Waals surface area contributed by atoms with Crippen LogP contribution >= 0.6 is 11.3 Å². The first-order chi connectivity index (χ1) is 10.7. The van der Waals surface area contributed by atoms with Gasteiger partial charge in [-0.1, -0.05) is 0 Å². The van der Waals surface area contributed by atoms with Crippen molar-refractivity contribution < 1.29 is 5.11 Å². The molecule has 7 heteroatoms. The largest absolute Gasteiger partial charge is 0.394 e. The second kappa shape index (κ2) is 6.58. The third kappa shape index (κ3) is 3.20. The Morgan fingerprint density at radius 1 is 1.45 bits per heavy atom. The highest BCUT2D eigenvalue weighted by atomic mass is 32.1. The smallest absolute Gasteiger partial charge is 0.134 e. The van der Waals surface area contributed by atoms with Crippen LogP contribution in [0.1, 0.15) is 23.5 Å². The molecule has 22 heavy (non-hydrogen) atoms. The van der Waals surface area contributed by atoms with E-state index in [1.165, 1.54) is 0 Å². The summed E-state index contributed by atoms with van der Waals surface area (Å²) in [4.78, 5) is 17.5. The van der Waals surface area contributed by atoms with Crippen molar-refractivity contribution in [1.82, 2.24) is 15.0 Å².